The molecular weight excluding hydrogens is 266 g/mol. The molecule has 0 aliphatic heterocycles. The van der Waals surface area contributed by atoms with Gasteiger partial charge < -0.3 is 15.7 Å². The summed E-state index contributed by atoms with van der Waals surface area (Å²) in [5, 5.41) is 9.87. The van der Waals surface area contributed by atoms with Crippen LogP contribution in [0.5, 0.6) is 5.75 Å². The number of aromatic nitrogens is 1. The molecule has 0 saturated heterocycles. The Labute approximate surface area is 124 Å². The van der Waals surface area contributed by atoms with Gasteiger partial charge in [-0.05, 0) is 25.1 Å². The lowest BCUT2D eigenvalue weighted by molar-refractivity contribution is -0.131. The third-order valence-electron chi connectivity index (χ3n) is 3.54. The topological polar surface area (TPSA) is 79.5 Å². The molecule has 110 valence electrons. The number of para-hydroxylation sites is 1. The molecule has 21 heavy (non-hydrogen) atoms. The smallest absolute Gasteiger partial charge is 0.228 e. The summed E-state index contributed by atoms with van der Waals surface area (Å²) in [6.07, 6.45) is 1.74. The highest BCUT2D eigenvalue weighted by Gasteiger charge is 2.20. The van der Waals surface area contributed by atoms with Gasteiger partial charge in [-0.1, -0.05) is 18.2 Å². The second-order valence-corrected chi connectivity index (χ2v) is 5.00. The molecule has 0 radical (unpaired) electrons. The standard InChI is InChI=1S/C16H19N3O2/c1-11(14-5-3-4-6-15(14)20)19(2)16(21)9-13-8-7-12(17)10-18-13/h3-8,10-11,20H,9,17H2,1-2H3. The van der Waals surface area contributed by atoms with Gasteiger partial charge in [0.05, 0.1) is 24.3 Å². The number of anilines is 1. The first-order valence-electron chi connectivity index (χ1n) is 6.73. The zero-order valence-electron chi connectivity index (χ0n) is 12.2. The van der Waals surface area contributed by atoms with E-state index in [1.807, 2.05) is 19.1 Å². The Kier molecular flexibility index (Phi) is 4.42. The molecule has 1 heterocycles. The predicted molar refractivity (Wildman–Crippen MR) is 81.6 cm³/mol. The summed E-state index contributed by atoms with van der Waals surface area (Å²) in [5.41, 5.74) is 7.54. The summed E-state index contributed by atoms with van der Waals surface area (Å²) >= 11 is 0. The summed E-state index contributed by atoms with van der Waals surface area (Å²) in [6.45, 7) is 1.88. The Morgan fingerprint density at radius 1 is 1.33 bits per heavy atom. The molecular formula is C16H19N3O2. The predicted octanol–water partition coefficient (Wildman–Crippen LogP) is 2.13. The molecule has 3 N–H and O–H groups in total. The number of nitrogens with two attached hydrogens (primary N) is 1. The summed E-state index contributed by atoms with van der Waals surface area (Å²) in [6, 6.07) is 10.3. The van der Waals surface area contributed by atoms with Gasteiger partial charge in [-0.3, -0.25) is 9.78 Å². The van der Waals surface area contributed by atoms with E-state index in [1.165, 1.54) is 6.20 Å². The van der Waals surface area contributed by atoms with Gasteiger partial charge >= 0.3 is 0 Å². The summed E-state index contributed by atoms with van der Waals surface area (Å²) in [7, 11) is 1.72. The first-order chi connectivity index (χ1) is 9.99. The summed E-state index contributed by atoms with van der Waals surface area (Å²) in [5.74, 6) is 0.123. The number of phenolic OH excluding ortho intramolecular Hbond substituents is 1. The maximum Gasteiger partial charge on any atom is 0.228 e. The number of nitrogens with zero attached hydrogens (tertiary/aromatic N) is 2. The normalized spacial score (nSPS) is 11.9. The second-order valence-electron chi connectivity index (χ2n) is 5.00. The van der Waals surface area contributed by atoms with Crippen molar-refractivity contribution in [2.75, 3.05) is 12.8 Å². The van der Waals surface area contributed by atoms with Crippen molar-refractivity contribution in [1.29, 1.82) is 0 Å². The van der Waals surface area contributed by atoms with Crippen molar-refractivity contribution < 1.29 is 9.90 Å². The Balaban J connectivity index is 2.08. The number of likely N-dealkylation sites (N-methyl/N-ethyl adjacent to an activating group) is 1. The van der Waals surface area contributed by atoms with Crippen molar-refractivity contribution in [3.63, 3.8) is 0 Å². The van der Waals surface area contributed by atoms with E-state index in [0.29, 0.717) is 11.4 Å². The van der Waals surface area contributed by atoms with E-state index in [9.17, 15) is 9.90 Å². The van der Waals surface area contributed by atoms with Crippen LogP contribution in [0.2, 0.25) is 0 Å². The number of hydrogen-bond donors (Lipinski definition) is 2. The molecule has 1 aromatic heterocycles. The number of carbonyl (C=O) groups is 1. The van der Waals surface area contributed by atoms with Gasteiger partial charge in [0.15, 0.2) is 0 Å². The maximum atomic E-state index is 12.3. The number of nitrogen functional groups attached to an aromatic ring is 1. The van der Waals surface area contributed by atoms with Crippen LogP contribution in [0.1, 0.15) is 24.2 Å². The third kappa shape index (κ3) is 3.51. The maximum absolute atomic E-state index is 12.3. The molecule has 0 saturated carbocycles. The van der Waals surface area contributed by atoms with Crippen LogP contribution in [0.25, 0.3) is 0 Å². The van der Waals surface area contributed by atoms with E-state index in [0.717, 1.165) is 5.56 Å². The van der Waals surface area contributed by atoms with E-state index in [4.69, 9.17) is 5.73 Å². The van der Waals surface area contributed by atoms with Gasteiger partial charge in [-0.2, -0.15) is 0 Å². The molecule has 1 amide bonds. The monoisotopic (exact) mass is 285 g/mol. The van der Waals surface area contributed by atoms with Crippen molar-refractivity contribution in [3.8, 4) is 5.75 Å². The van der Waals surface area contributed by atoms with Crippen LogP contribution in [0.3, 0.4) is 0 Å². The Bertz CT molecular complexity index is 626. The highest BCUT2D eigenvalue weighted by Crippen LogP contribution is 2.27. The Morgan fingerprint density at radius 3 is 2.67 bits per heavy atom. The molecule has 0 aliphatic rings. The van der Waals surface area contributed by atoms with Crippen molar-refractivity contribution >= 4 is 11.6 Å². The van der Waals surface area contributed by atoms with Gasteiger partial charge in [0.1, 0.15) is 5.75 Å². The van der Waals surface area contributed by atoms with Crippen LogP contribution in [0.4, 0.5) is 5.69 Å². The van der Waals surface area contributed by atoms with Crippen molar-refractivity contribution in [2.45, 2.75) is 19.4 Å². The number of carbonyl (C=O) groups excluding carboxylic acids is 1. The van der Waals surface area contributed by atoms with Crippen LogP contribution in [0, 0.1) is 0 Å². The number of rotatable bonds is 4. The van der Waals surface area contributed by atoms with E-state index in [1.54, 1.807) is 36.2 Å². The highest BCUT2D eigenvalue weighted by molar-refractivity contribution is 5.78. The quantitative estimate of drug-likeness (QED) is 0.902. The molecule has 1 atom stereocenters. The third-order valence-corrected chi connectivity index (χ3v) is 3.54. The molecule has 2 aromatic rings. The molecule has 0 bridgehead atoms. The molecule has 1 aromatic carbocycles. The van der Waals surface area contributed by atoms with Crippen LogP contribution >= 0.6 is 0 Å². The molecule has 0 fully saturated rings. The van der Waals surface area contributed by atoms with E-state index in [2.05, 4.69) is 4.98 Å². The summed E-state index contributed by atoms with van der Waals surface area (Å²) in [4.78, 5) is 18.0. The molecule has 0 aliphatic carbocycles. The van der Waals surface area contributed by atoms with Crippen LogP contribution in [-0.2, 0) is 11.2 Å². The highest BCUT2D eigenvalue weighted by atomic mass is 16.3. The molecule has 5 nitrogen and oxygen atoms in total. The number of amides is 1. The van der Waals surface area contributed by atoms with Crippen LogP contribution in [-0.4, -0.2) is 27.9 Å². The fourth-order valence-corrected chi connectivity index (χ4v) is 2.09. The van der Waals surface area contributed by atoms with E-state index in [-0.39, 0.29) is 24.1 Å². The van der Waals surface area contributed by atoms with Crippen molar-refractivity contribution in [1.82, 2.24) is 9.88 Å². The zero-order valence-corrected chi connectivity index (χ0v) is 12.2. The fourth-order valence-electron chi connectivity index (χ4n) is 2.09. The van der Waals surface area contributed by atoms with Crippen molar-refractivity contribution in [3.05, 3.63) is 53.9 Å². The SMILES string of the molecule is CC(c1ccccc1O)N(C)C(=O)Cc1ccc(N)cn1. The Morgan fingerprint density at radius 2 is 2.05 bits per heavy atom. The van der Waals surface area contributed by atoms with Gasteiger partial charge in [-0.25, -0.2) is 0 Å². The van der Waals surface area contributed by atoms with Gasteiger partial charge in [-0.15, -0.1) is 0 Å². The number of aromatic hydroxyl groups is 1. The first-order valence-corrected chi connectivity index (χ1v) is 6.73. The van der Waals surface area contributed by atoms with Gasteiger partial charge in [0.2, 0.25) is 5.91 Å². The van der Waals surface area contributed by atoms with E-state index < -0.39 is 0 Å². The molecule has 2 rings (SSSR count). The number of benzene rings is 1. The lowest BCUT2D eigenvalue weighted by Gasteiger charge is -2.25. The molecule has 0 spiro atoms. The average molecular weight is 285 g/mol. The minimum absolute atomic E-state index is 0.0666. The lowest BCUT2D eigenvalue weighted by Crippen LogP contribution is -2.31. The zero-order chi connectivity index (χ0) is 15.4. The van der Waals surface area contributed by atoms with Crippen LogP contribution in [0.15, 0.2) is 42.6 Å². The largest absolute Gasteiger partial charge is 0.508 e. The van der Waals surface area contributed by atoms with Crippen LogP contribution < -0.4 is 5.73 Å². The number of pyridine rings is 1. The fraction of sp³-hybridized carbons (Fsp3) is 0.250. The minimum Gasteiger partial charge on any atom is -0.508 e. The minimum atomic E-state index is -0.215. The average Bonchev–Trinajstić information content (AvgIpc) is 2.48. The molecule has 1 unspecified atom stereocenters. The van der Waals surface area contributed by atoms with Gasteiger partial charge in [0, 0.05) is 18.3 Å². The number of hydrogen-bond acceptors (Lipinski definition) is 4. The summed E-state index contributed by atoms with van der Waals surface area (Å²) < 4.78 is 0. The molecule has 5 heteroatoms. The van der Waals surface area contributed by atoms with Gasteiger partial charge in [0.25, 0.3) is 0 Å². The van der Waals surface area contributed by atoms with E-state index >= 15 is 0 Å². The Hall–Kier alpha value is -2.56. The lowest BCUT2D eigenvalue weighted by atomic mass is 10.1. The first kappa shape index (κ1) is 14.8. The van der Waals surface area contributed by atoms with Crippen molar-refractivity contribution in [2.24, 2.45) is 0 Å². The number of phenols is 1. The second kappa shape index (κ2) is 6.26.